The van der Waals surface area contributed by atoms with Gasteiger partial charge in [0.15, 0.2) is 0 Å². The molecule has 19 heavy (non-hydrogen) atoms. The minimum absolute atomic E-state index is 0.218. The first kappa shape index (κ1) is 17.0. The highest BCUT2D eigenvalue weighted by Gasteiger charge is 2.31. The Labute approximate surface area is 127 Å². The molecule has 2 nitrogen and oxygen atoms in total. The summed E-state index contributed by atoms with van der Waals surface area (Å²) in [6.45, 7) is 5.17. The first-order chi connectivity index (χ1) is 9.17. The number of alkyl halides is 1. The van der Waals surface area contributed by atoms with E-state index < -0.39 is 0 Å². The molecule has 0 saturated heterocycles. The van der Waals surface area contributed by atoms with Gasteiger partial charge < -0.3 is 5.32 Å². The normalized spacial score (nSPS) is 19.9. The van der Waals surface area contributed by atoms with E-state index >= 15 is 0 Å². The van der Waals surface area contributed by atoms with Crippen molar-refractivity contribution in [1.29, 1.82) is 0 Å². The molecular formula is C16H30BrNO. The van der Waals surface area contributed by atoms with Crippen LogP contribution in [0.1, 0.15) is 71.6 Å². The summed E-state index contributed by atoms with van der Waals surface area (Å²) in [5.74, 6) is 0.498. The third-order valence-corrected chi connectivity index (χ3v) is 5.79. The van der Waals surface area contributed by atoms with Crippen molar-refractivity contribution in [2.24, 2.45) is 11.3 Å². The van der Waals surface area contributed by atoms with Gasteiger partial charge in [0, 0.05) is 17.8 Å². The van der Waals surface area contributed by atoms with E-state index in [9.17, 15) is 4.79 Å². The van der Waals surface area contributed by atoms with Gasteiger partial charge in [0.25, 0.3) is 0 Å². The number of amides is 1. The van der Waals surface area contributed by atoms with Crippen molar-refractivity contribution < 1.29 is 4.79 Å². The van der Waals surface area contributed by atoms with Crippen molar-refractivity contribution in [1.82, 2.24) is 5.32 Å². The van der Waals surface area contributed by atoms with Crippen molar-refractivity contribution in [3.8, 4) is 0 Å². The average Bonchev–Trinajstić information content (AvgIpc) is 2.47. The Hall–Kier alpha value is -0.0500. The highest BCUT2D eigenvalue weighted by atomic mass is 79.9. The van der Waals surface area contributed by atoms with E-state index in [1.165, 1.54) is 38.5 Å². The second kappa shape index (κ2) is 8.99. The Balaban J connectivity index is 2.42. The Kier molecular flexibility index (Phi) is 8.05. The summed E-state index contributed by atoms with van der Waals surface area (Å²) in [7, 11) is 0. The molecule has 0 spiro atoms. The van der Waals surface area contributed by atoms with Gasteiger partial charge in [-0.15, -0.1) is 0 Å². The van der Waals surface area contributed by atoms with Crippen LogP contribution >= 0.6 is 15.9 Å². The molecule has 1 amide bonds. The smallest absolute Gasteiger partial charge is 0.223 e. The molecule has 0 radical (unpaired) electrons. The molecule has 112 valence electrons. The molecule has 1 fully saturated rings. The summed E-state index contributed by atoms with van der Waals surface area (Å²) in [6, 6.07) is 0. The van der Waals surface area contributed by atoms with Crippen molar-refractivity contribution in [3.63, 3.8) is 0 Å². The van der Waals surface area contributed by atoms with Crippen LogP contribution in [0.2, 0.25) is 0 Å². The average molecular weight is 332 g/mol. The molecule has 3 heteroatoms. The van der Waals surface area contributed by atoms with E-state index in [-0.39, 0.29) is 11.8 Å². The van der Waals surface area contributed by atoms with Gasteiger partial charge in [0.1, 0.15) is 0 Å². The van der Waals surface area contributed by atoms with Crippen molar-refractivity contribution in [2.75, 3.05) is 11.9 Å². The minimum atomic E-state index is 0.218. The fraction of sp³-hybridized carbons (Fsp3) is 0.938. The molecule has 1 saturated carbocycles. The van der Waals surface area contributed by atoms with Crippen LogP contribution in [-0.4, -0.2) is 17.8 Å². The van der Waals surface area contributed by atoms with Gasteiger partial charge >= 0.3 is 0 Å². The van der Waals surface area contributed by atoms with E-state index in [2.05, 4.69) is 35.1 Å². The Morgan fingerprint density at radius 2 is 1.95 bits per heavy atom. The van der Waals surface area contributed by atoms with Gasteiger partial charge in [-0.3, -0.25) is 4.79 Å². The summed E-state index contributed by atoms with van der Waals surface area (Å²) in [5, 5.41) is 4.25. The van der Waals surface area contributed by atoms with Crippen LogP contribution in [0.15, 0.2) is 0 Å². The zero-order chi connectivity index (χ0) is 14.1. The lowest BCUT2D eigenvalue weighted by atomic mass is 9.75. The van der Waals surface area contributed by atoms with E-state index in [1.54, 1.807) is 0 Å². The van der Waals surface area contributed by atoms with Gasteiger partial charge in [0.2, 0.25) is 5.91 Å². The van der Waals surface area contributed by atoms with E-state index in [0.717, 1.165) is 31.1 Å². The number of halogens is 1. The molecule has 0 aliphatic heterocycles. The van der Waals surface area contributed by atoms with Crippen molar-refractivity contribution >= 4 is 21.8 Å². The molecule has 1 aliphatic rings. The van der Waals surface area contributed by atoms with Crippen LogP contribution in [0.5, 0.6) is 0 Å². The van der Waals surface area contributed by atoms with E-state index in [4.69, 9.17) is 0 Å². The number of rotatable bonds is 8. The molecule has 1 rings (SSSR count). The molecule has 0 aromatic carbocycles. The maximum atomic E-state index is 12.3. The standard InChI is InChI=1S/C16H30BrNO/c1-3-5-9-14(4-2)15(19)18-13-16(12-17)10-7-6-8-11-16/h14H,3-13H2,1-2H3,(H,18,19). The number of nitrogens with one attached hydrogen (secondary N) is 1. The van der Waals surface area contributed by atoms with Gasteiger partial charge in [-0.1, -0.05) is 61.9 Å². The second-order valence-electron chi connectivity index (χ2n) is 6.16. The van der Waals surface area contributed by atoms with Crippen LogP contribution in [0.3, 0.4) is 0 Å². The second-order valence-corrected chi connectivity index (χ2v) is 6.72. The number of hydrogen-bond donors (Lipinski definition) is 1. The first-order valence-electron chi connectivity index (χ1n) is 8.01. The monoisotopic (exact) mass is 331 g/mol. The quantitative estimate of drug-likeness (QED) is 0.643. The topological polar surface area (TPSA) is 29.1 Å². The summed E-state index contributed by atoms with van der Waals surface area (Å²) in [4.78, 5) is 12.3. The largest absolute Gasteiger partial charge is 0.355 e. The Morgan fingerprint density at radius 1 is 1.26 bits per heavy atom. The molecule has 1 aliphatic carbocycles. The lowest BCUT2D eigenvalue weighted by Crippen LogP contribution is -2.42. The zero-order valence-electron chi connectivity index (χ0n) is 12.6. The van der Waals surface area contributed by atoms with Crippen LogP contribution in [0.4, 0.5) is 0 Å². The van der Waals surface area contributed by atoms with Crippen LogP contribution in [-0.2, 0) is 4.79 Å². The summed E-state index contributed by atoms with van der Waals surface area (Å²) in [6.07, 6.45) is 10.8. The van der Waals surface area contributed by atoms with Crippen molar-refractivity contribution in [3.05, 3.63) is 0 Å². The Bertz CT molecular complexity index is 261. The van der Waals surface area contributed by atoms with Crippen LogP contribution in [0.25, 0.3) is 0 Å². The summed E-state index contributed by atoms with van der Waals surface area (Å²) in [5.41, 5.74) is 0.316. The number of carbonyl (C=O) groups excluding carboxylic acids is 1. The summed E-state index contributed by atoms with van der Waals surface area (Å²) >= 11 is 3.66. The third kappa shape index (κ3) is 5.45. The molecule has 1 N–H and O–H groups in total. The molecule has 0 bridgehead atoms. The maximum Gasteiger partial charge on any atom is 0.223 e. The van der Waals surface area contributed by atoms with Gasteiger partial charge in [-0.25, -0.2) is 0 Å². The highest BCUT2D eigenvalue weighted by Crippen LogP contribution is 2.37. The summed E-state index contributed by atoms with van der Waals surface area (Å²) < 4.78 is 0. The van der Waals surface area contributed by atoms with Crippen molar-refractivity contribution in [2.45, 2.75) is 71.6 Å². The van der Waals surface area contributed by atoms with E-state index in [1.807, 2.05) is 0 Å². The lowest BCUT2D eigenvalue weighted by molar-refractivity contribution is -0.125. The predicted octanol–water partition coefficient (Wildman–Crippen LogP) is 4.66. The molecule has 0 aromatic heterocycles. The minimum Gasteiger partial charge on any atom is -0.355 e. The van der Waals surface area contributed by atoms with Gasteiger partial charge in [-0.2, -0.15) is 0 Å². The number of hydrogen-bond acceptors (Lipinski definition) is 1. The fourth-order valence-corrected chi connectivity index (χ4v) is 3.81. The Morgan fingerprint density at radius 3 is 2.47 bits per heavy atom. The molecular weight excluding hydrogens is 302 g/mol. The molecule has 0 aromatic rings. The third-order valence-electron chi connectivity index (χ3n) is 4.61. The molecule has 1 unspecified atom stereocenters. The van der Waals surface area contributed by atoms with Gasteiger partial charge in [0.05, 0.1) is 0 Å². The number of unbranched alkanes of at least 4 members (excludes halogenated alkanes) is 1. The molecule has 0 heterocycles. The van der Waals surface area contributed by atoms with Crippen LogP contribution in [0, 0.1) is 11.3 Å². The SMILES string of the molecule is CCCCC(CC)C(=O)NCC1(CBr)CCCCC1. The zero-order valence-corrected chi connectivity index (χ0v) is 14.2. The predicted molar refractivity (Wildman–Crippen MR) is 85.6 cm³/mol. The fourth-order valence-electron chi connectivity index (χ4n) is 3.05. The van der Waals surface area contributed by atoms with Gasteiger partial charge in [-0.05, 0) is 31.1 Å². The van der Waals surface area contributed by atoms with E-state index in [0.29, 0.717) is 5.41 Å². The van der Waals surface area contributed by atoms with Crippen LogP contribution < -0.4 is 5.32 Å². The number of carbonyl (C=O) groups is 1. The highest BCUT2D eigenvalue weighted by molar-refractivity contribution is 9.09. The first-order valence-corrected chi connectivity index (χ1v) is 9.13. The molecule has 1 atom stereocenters. The lowest BCUT2D eigenvalue weighted by Gasteiger charge is -2.36. The maximum absolute atomic E-state index is 12.3.